The van der Waals surface area contributed by atoms with Crippen LogP contribution in [0.2, 0.25) is 0 Å². The van der Waals surface area contributed by atoms with E-state index in [9.17, 15) is 4.79 Å². The van der Waals surface area contributed by atoms with Crippen LogP contribution in [0.15, 0.2) is 0 Å². The number of hydrogen-bond acceptors (Lipinski definition) is 3. The molecular weight excluding hydrogens is 178 g/mol. The molecule has 4 heteroatoms. The Hall–Kier alpha value is -0.610. The smallest absolute Gasteiger partial charge is 0.239 e. The Morgan fingerprint density at radius 2 is 1.86 bits per heavy atom. The number of likely N-dealkylation sites (tertiary alicyclic amines) is 2. The van der Waals surface area contributed by atoms with Crippen LogP contribution >= 0.6 is 0 Å². The Morgan fingerprint density at radius 1 is 1.21 bits per heavy atom. The first kappa shape index (κ1) is 9.93. The van der Waals surface area contributed by atoms with E-state index in [0.717, 1.165) is 38.9 Å². The van der Waals surface area contributed by atoms with E-state index in [4.69, 9.17) is 5.73 Å². The molecule has 2 heterocycles. The maximum atomic E-state index is 11.7. The van der Waals surface area contributed by atoms with Crippen LogP contribution in [0.25, 0.3) is 0 Å². The molecule has 0 saturated carbocycles. The zero-order chi connectivity index (χ0) is 10.1. The SMILES string of the molecule is CN1CC[C@H](N2CCC(N)CC2)C1=O. The summed E-state index contributed by atoms with van der Waals surface area (Å²) >= 11 is 0. The lowest BCUT2D eigenvalue weighted by Crippen LogP contribution is -2.47. The minimum absolute atomic E-state index is 0.146. The van der Waals surface area contributed by atoms with Crippen LogP contribution in [0.5, 0.6) is 0 Å². The second-order valence-electron chi connectivity index (χ2n) is 4.44. The van der Waals surface area contributed by atoms with Crippen molar-refractivity contribution in [3.63, 3.8) is 0 Å². The van der Waals surface area contributed by atoms with Gasteiger partial charge >= 0.3 is 0 Å². The van der Waals surface area contributed by atoms with Crippen molar-refractivity contribution in [3.8, 4) is 0 Å². The zero-order valence-corrected chi connectivity index (χ0v) is 8.78. The summed E-state index contributed by atoms with van der Waals surface area (Å²) in [6.07, 6.45) is 3.06. The Balaban J connectivity index is 1.93. The van der Waals surface area contributed by atoms with Gasteiger partial charge in [-0.2, -0.15) is 0 Å². The number of carbonyl (C=O) groups is 1. The average Bonchev–Trinajstić information content (AvgIpc) is 2.50. The van der Waals surface area contributed by atoms with Crippen molar-refractivity contribution in [3.05, 3.63) is 0 Å². The minimum Gasteiger partial charge on any atom is -0.344 e. The van der Waals surface area contributed by atoms with E-state index in [2.05, 4.69) is 4.90 Å². The number of nitrogens with zero attached hydrogens (tertiary/aromatic N) is 2. The van der Waals surface area contributed by atoms with Crippen LogP contribution in [0.1, 0.15) is 19.3 Å². The normalized spacial score (nSPS) is 31.4. The van der Waals surface area contributed by atoms with Gasteiger partial charge < -0.3 is 10.6 Å². The molecule has 2 N–H and O–H groups in total. The van der Waals surface area contributed by atoms with E-state index in [1.807, 2.05) is 11.9 Å². The molecule has 0 aromatic heterocycles. The maximum Gasteiger partial charge on any atom is 0.239 e. The van der Waals surface area contributed by atoms with E-state index >= 15 is 0 Å². The molecule has 0 bridgehead atoms. The fraction of sp³-hybridized carbons (Fsp3) is 0.900. The molecule has 14 heavy (non-hydrogen) atoms. The molecule has 0 aromatic carbocycles. The van der Waals surface area contributed by atoms with Gasteiger partial charge in [-0.05, 0) is 19.3 Å². The first-order valence-corrected chi connectivity index (χ1v) is 5.43. The van der Waals surface area contributed by atoms with E-state index in [1.54, 1.807) is 0 Å². The Labute approximate surface area is 85.0 Å². The van der Waals surface area contributed by atoms with Gasteiger partial charge in [0.05, 0.1) is 6.04 Å². The lowest BCUT2D eigenvalue weighted by molar-refractivity contribution is -0.131. The molecule has 2 rings (SSSR count). The molecule has 2 fully saturated rings. The lowest BCUT2D eigenvalue weighted by atomic mass is 10.0. The highest BCUT2D eigenvalue weighted by atomic mass is 16.2. The summed E-state index contributed by atoms with van der Waals surface area (Å²) in [6.45, 7) is 2.89. The molecule has 2 aliphatic heterocycles. The second-order valence-corrected chi connectivity index (χ2v) is 4.44. The van der Waals surface area contributed by atoms with Crippen molar-refractivity contribution in [1.29, 1.82) is 0 Å². The van der Waals surface area contributed by atoms with Gasteiger partial charge in [-0.15, -0.1) is 0 Å². The van der Waals surface area contributed by atoms with Gasteiger partial charge in [0.15, 0.2) is 0 Å². The molecular formula is C10H19N3O. The van der Waals surface area contributed by atoms with Crippen LogP contribution in [-0.4, -0.2) is 54.5 Å². The summed E-state index contributed by atoms with van der Waals surface area (Å²) < 4.78 is 0. The van der Waals surface area contributed by atoms with Gasteiger partial charge in [-0.3, -0.25) is 9.69 Å². The molecule has 2 aliphatic rings. The molecule has 0 unspecified atom stereocenters. The van der Waals surface area contributed by atoms with Crippen LogP contribution < -0.4 is 5.73 Å². The summed E-state index contributed by atoms with van der Waals surface area (Å²) in [7, 11) is 1.89. The van der Waals surface area contributed by atoms with Gasteiger partial charge in [0.1, 0.15) is 0 Å². The van der Waals surface area contributed by atoms with Crippen molar-refractivity contribution >= 4 is 5.91 Å². The largest absolute Gasteiger partial charge is 0.344 e. The maximum absolute atomic E-state index is 11.7. The molecule has 4 nitrogen and oxygen atoms in total. The molecule has 0 radical (unpaired) electrons. The summed E-state index contributed by atoms with van der Waals surface area (Å²) in [5.74, 6) is 0.292. The van der Waals surface area contributed by atoms with Crippen molar-refractivity contribution < 1.29 is 4.79 Å². The highest BCUT2D eigenvalue weighted by Gasteiger charge is 2.35. The molecule has 0 aliphatic carbocycles. The van der Waals surface area contributed by atoms with Crippen molar-refractivity contribution in [2.45, 2.75) is 31.3 Å². The summed E-state index contributed by atoms with van der Waals surface area (Å²) in [4.78, 5) is 15.9. The van der Waals surface area contributed by atoms with Gasteiger partial charge in [-0.1, -0.05) is 0 Å². The van der Waals surface area contributed by atoms with Crippen LogP contribution in [0, 0.1) is 0 Å². The quantitative estimate of drug-likeness (QED) is 0.624. The Morgan fingerprint density at radius 3 is 2.36 bits per heavy atom. The third-order valence-corrected chi connectivity index (χ3v) is 3.41. The van der Waals surface area contributed by atoms with Crippen molar-refractivity contribution in [1.82, 2.24) is 9.80 Å². The van der Waals surface area contributed by atoms with Crippen LogP contribution in [0.3, 0.4) is 0 Å². The van der Waals surface area contributed by atoms with Gasteiger partial charge in [-0.25, -0.2) is 0 Å². The summed E-state index contributed by atoms with van der Waals surface area (Å²) in [5.41, 5.74) is 5.84. The van der Waals surface area contributed by atoms with E-state index in [1.165, 1.54) is 0 Å². The van der Waals surface area contributed by atoms with Crippen LogP contribution in [-0.2, 0) is 4.79 Å². The van der Waals surface area contributed by atoms with Gasteiger partial charge in [0.2, 0.25) is 5.91 Å². The predicted octanol–water partition coefficient (Wildman–Crippen LogP) is -0.360. The average molecular weight is 197 g/mol. The molecule has 1 amide bonds. The van der Waals surface area contributed by atoms with Crippen molar-refractivity contribution in [2.75, 3.05) is 26.7 Å². The monoisotopic (exact) mass is 197 g/mol. The fourth-order valence-corrected chi connectivity index (χ4v) is 2.37. The number of nitrogens with two attached hydrogens (primary N) is 1. The summed E-state index contributed by atoms with van der Waals surface area (Å²) in [6, 6.07) is 0.494. The van der Waals surface area contributed by atoms with E-state index in [-0.39, 0.29) is 6.04 Å². The number of hydrogen-bond donors (Lipinski definition) is 1. The lowest BCUT2D eigenvalue weighted by Gasteiger charge is -2.33. The third kappa shape index (κ3) is 1.77. The fourth-order valence-electron chi connectivity index (χ4n) is 2.37. The number of amides is 1. The first-order valence-electron chi connectivity index (χ1n) is 5.43. The van der Waals surface area contributed by atoms with Crippen molar-refractivity contribution in [2.24, 2.45) is 5.73 Å². The standard InChI is InChI=1S/C10H19N3O/c1-12-5-4-9(10(12)14)13-6-2-8(11)3-7-13/h8-9H,2-7,11H2,1H3/t9-/m0/s1. The van der Waals surface area contributed by atoms with Gasteiger partial charge in [0.25, 0.3) is 0 Å². The molecule has 0 aromatic rings. The van der Waals surface area contributed by atoms with E-state index in [0.29, 0.717) is 11.9 Å². The summed E-state index contributed by atoms with van der Waals surface area (Å²) in [5, 5.41) is 0. The Bertz CT molecular complexity index is 223. The Kier molecular flexibility index (Phi) is 2.74. The zero-order valence-electron chi connectivity index (χ0n) is 8.78. The topological polar surface area (TPSA) is 49.6 Å². The number of piperidine rings is 1. The highest BCUT2D eigenvalue weighted by molar-refractivity contribution is 5.83. The highest BCUT2D eigenvalue weighted by Crippen LogP contribution is 2.19. The number of carbonyl (C=O) groups excluding carboxylic acids is 1. The number of likely N-dealkylation sites (N-methyl/N-ethyl adjacent to an activating group) is 1. The van der Waals surface area contributed by atoms with Gasteiger partial charge in [0, 0.05) is 32.7 Å². The molecule has 1 atom stereocenters. The second kappa shape index (κ2) is 3.87. The number of rotatable bonds is 1. The first-order chi connectivity index (χ1) is 6.68. The molecule has 80 valence electrons. The van der Waals surface area contributed by atoms with Crippen LogP contribution in [0.4, 0.5) is 0 Å². The molecule has 2 saturated heterocycles. The third-order valence-electron chi connectivity index (χ3n) is 3.41. The van der Waals surface area contributed by atoms with E-state index < -0.39 is 0 Å². The predicted molar refractivity (Wildman–Crippen MR) is 54.8 cm³/mol. The molecule has 0 spiro atoms. The minimum atomic E-state index is 0.146.